The van der Waals surface area contributed by atoms with Gasteiger partial charge in [-0.05, 0) is 31.2 Å². The Hall–Kier alpha value is -3.07. The number of nitrogens with zero attached hydrogens (tertiary/aromatic N) is 6. The van der Waals surface area contributed by atoms with Gasteiger partial charge in [0.1, 0.15) is 11.5 Å². The van der Waals surface area contributed by atoms with Gasteiger partial charge in [-0.3, -0.25) is 9.89 Å². The van der Waals surface area contributed by atoms with E-state index in [-0.39, 0.29) is 0 Å². The van der Waals surface area contributed by atoms with Gasteiger partial charge < -0.3 is 24.6 Å². The van der Waals surface area contributed by atoms with Crippen LogP contribution in [-0.4, -0.2) is 93.3 Å². The highest BCUT2D eigenvalue weighted by Gasteiger charge is 2.18. The van der Waals surface area contributed by atoms with E-state index in [0.29, 0.717) is 6.54 Å². The topological polar surface area (TPSA) is 78.4 Å². The Morgan fingerprint density at radius 1 is 1.12 bits per heavy atom. The van der Waals surface area contributed by atoms with Crippen molar-refractivity contribution in [2.75, 3.05) is 72.5 Å². The molecule has 1 aromatic heterocycles. The number of benzene rings is 1. The number of aliphatic imine (C=N–C) groups is 1. The SMILES string of the molecule is CN=C(NCCCN1CCN(c2ncccn2)CC1)N(C)Cc1ccc(OC)cc1OC. The molecular formula is C23H35N7O2. The Bertz CT molecular complexity index is 855. The molecule has 0 bridgehead atoms. The molecule has 3 rings (SSSR count). The summed E-state index contributed by atoms with van der Waals surface area (Å²) in [4.78, 5) is 20.0. The van der Waals surface area contributed by atoms with E-state index in [1.54, 1.807) is 26.6 Å². The van der Waals surface area contributed by atoms with E-state index >= 15 is 0 Å². The maximum atomic E-state index is 5.52. The summed E-state index contributed by atoms with van der Waals surface area (Å²) in [5.74, 6) is 3.29. The standard InChI is InChI=1S/C23H35N7O2/c1-24-22(28(2)18-19-7-8-20(31-3)17-21(19)32-4)25-11-6-12-29-13-15-30(16-14-29)23-26-9-5-10-27-23/h5,7-10,17H,6,11-16,18H2,1-4H3,(H,24,25). The Kier molecular flexibility index (Phi) is 8.91. The first-order valence-corrected chi connectivity index (χ1v) is 11.0. The van der Waals surface area contributed by atoms with Gasteiger partial charge in [-0.25, -0.2) is 9.97 Å². The minimum Gasteiger partial charge on any atom is -0.497 e. The quantitative estimate of drug-likeness (QED) is 0.358. The van der Waals surface area contributed by atoms with Crippen molar-refractivity contribution in [3.63, 3.8) is 0 Å². The molecule has 1 aromatic carbocycles. The molecule has 2 aromatic rings. The Labute approximate surface area is 191 Å². The van der Waals surface area contributed by atoms with Crippen molar-refractivity contribution in [2.24, 2.45) is 4.99 Å². The van der Waals surface area contributed by atoms with E-state index in [9.17, 15) is 0 Å². The second-order valence-corrected chi connectivity index (χ2v) is 7.74. The van der Waals surface area contributed by atoms with E-state index in [1.807, 2.05) is 38.4 Å². The lowest BCUT2D eigenvalue weighted by molar-refractivity contribution is 0.254. The highest BCUT2D eigenvalue weighted by atomic mass is 16.5. The van der Waals surface area contributed by atoms with Crippen LogP contribution in [0, 0.1) is 0 Å². The van der Waals surface area contributed by atoms with E-state index in [1.165, 1.54) is 0 Å². The fourth-order valence-electron chi connectivity index (χ4n) is 3.83. The summed E-state index contributed by atoms with van der Waals surface area (Å²) < 4.78 is 10.8. The number of rotatable bonds is 9. The summed E-state index contributed by atoms with van der Waals surface area (Å²) in [6.45, 7) is 6.62. The molecule has 1 fully saturated rings. The number of piperazine rings is 1. The molecule has 1 saturated heterocycles. The van der Waals surface area contributed by atoms with Gasteiger partial charge in [0, 0.05) is 77.4 Å². The van der Waals surface area contributed by atoms with Crippen molar-refractivity contribution >= 4 is 11.9 Å². The number of anilines is 1. The summed E-state index contributed by atoms with van der Waals surface area (Å²) >= 11 is 0. The molecule has 1 aliphatic heterocycles. The number of methoxy groups -OCH3 is 2. The van der Waals surface area contributed by atoms with Crippen molar-refractivity contribution in [3.8, 4) is 11.5 Å². The first-order valence-electron chi connectivity index (χ1n) is 11.0. The smallest absolute Gasteiger partial charge is 0.225 e. The largest absolute Gasteiger partial charge is 0.497 e. The second-order valence-electron chi connectivity index (χ2n) is 7.74. The number of aromatic nitrogens is 2. The van der Waals surface area contributed by atoms with Gasteiger partial charge in [0.15, 0.2) is 5.96 Å². The molecule has 0 atom stereocenters. The Balaban J connectivity index is 1.39. The lowest BCUT2D eigenvalue weighted by Crippen LogP contribution is -2.47. The van der Waals surface area contributed by atoms with E-state index in [2.05, 4.69) is 35.0 Å². The number of guanidine groups is 1. The first kappa shape index (κ1) is 23.6. The van der Waals surface area contributed by atoms with Crippen molar-refractivity contribution in [2.45, 2.75) is 13.0 Å². The molecule has 32 heavy (non-hydrogen) atoms. The lowest BCUT2D eigenvalue weighted by Gasteiger charge is -2.34. The molecule has 0 spiro atoms. The van der Waals surface area contributed by atoms with Crippen molar-refractivity contribution in [1.29, 1.82) is 0 Å². The number of nitrogens with one attached hydrogen (secondary N) is 1. The molecule has 1 N–H and O–H groups in total. The molecular weight excluding hydrogens is 406 g/mol. The van der Waals surface area contributed by atoms with Crippen LogP contribution >= 0.6 is 0 Å². The van der Waals surface area contributed by atoms with E-state index in [4.69, 9.17) is 9.47 Å². The van der Waals surface area contributed by atoms with Gasteiger partial charge in [-0.2, -0.15) is 0 Å². The van der Waals surface area contributed by atoms with Crippen LogP contribution in [0.2, 0.25) is 0 Å². The highest BCUT2D eigenvalue weighted by Crippen LogP contribution is 2.25. The summed E-state index contributed by atoms with van der Waals surface area (Å²) in [6.07, 6.45) is 4.66. The predicted octanol–water partition coefficient (Wildman–Crippen LogP) is 1.71. The summed E-state index contributed by atoms with van der Waals surface area (Å²) in [5.41, 5.74) is 1.08. The maximum absolute atomic E-state index is 5.52. The van der Waals surface area contributed by atoms with Crippen molar-refractivity contribution in [3.05, 3.63) is 42.2 Å². The molecule has 0 amide bonds. The second kappa shape index (κ2) is 12.1. The lowest BCUT2D eigenvalue weighted by atomic mass is 10.2. The average Bonchev–Trinajstić information content (AvgIpc) is 2.85. The van der Waals surface area contributed by atoms with Gasteiger partial charge in [-0.1, -0.05) is 0 Å². The van der Waals surface area contributed by atoms with Gasteiger partial charge in [-0.15, -0.1) is 0 Å². The van der Waals surface area contributed by atoms with Gasteiger partial charge in [0.2, 0.25) is 5.95 Å². The zero-order valence-corrected chi connectivity index (χ0v) is 19.6. The Morgan fingerprint density at radius 3 is 2.53 bits per heavy atom. The molecule has 174 valence electrons. The van der Waals surface area contributed by atoms with E-state index < -0.39 is 0 Å². The molecule has 0 radical (unpaired) electrons. The third-order valence-corrected chi connectivity index (χ3v) is 5.62. The Morgan fingerprint density at radius 2 is 1.88 bits per heavy atom. The van der Waals surface area contributed by atoms with Crippen LogP contribution in [0.1, 0.15) is 12.0 Å². The molecule has 9 heteroatoms. The molecule has 9 nitrogen and oxygen atoms in total. The highest BCUT2D eigenvalue weighted by molar-refractivity contribution is 5.79. The molecule has 0 saturated carbocycles. The van der Waals surface area contributed by atoms with Crippen LogP contribution in [0.3, 0.4) is 0 Å². The third-order valence-electron chi connectivity index (χ3n) is 5.62. The van der Waals surface area contributed by atoms with Gasteiger partial charge in [0.25, 0.3) is 0 Å². The summed E-state index contributed by atoms with van der Waals surface area (Å²) in [6, 6.07) is 7.74. The fourth-order valence-corrected chi connectivity index (χ4v) is 3.83. The number of hydrogen-bond donors (Lipinski definition) is 1. The number of hydrogen-bond acceptors (Lipinski definition) is 7. The third kappa shape index (κ3) is 6.46. The fraction of sp³-hybridized carbons (Fsp3) is 0.522. The zero-order chi connectivity index (χ0) is 22.8. The number of ether oxygens (including phenoxy) is 2. The normalized spacial score (nSPS) is 14.9. The van der Waals surface area contributed by atoms with Crippen LogP contribution in [0.5, 0.6) is 11.5 Å². The molecule has 1 aliphatic rings. The minimum absolute atomic E-state index is 0.691. The van der Waals surface area contributed by atoms with Crippen molar-refractivity contribution in [1.82, 2.24) is 25.1 Å². The first-order chi connectivity index (χ1) is 15.6. The molecule has 0 unspecified atom stereocenters. The predicted molar refractivity (Wildman–Crippen MR) is 128 cm³/mol. The zero-order valence-electron chi connectivity index (χ0n) is 19.6. The van der Waals surface area contributed by atoms with Crippen LogP contribution in [0.4, 0.5) is 5.95 Å². The molecule has 0 aliphatic carbocycles. The van der Waals surface area contributed by atoms with Crippen LogP contribution in [-0.2, 0) is 6.54 Å². The minimum atomic E-state index is 0.691. The summed E-state index contributed by atoms with van der Waals surface area (Å²) in [5, 5.41) is 3.48. The maximum Gasteiger partial charge on any atom is 0.225 e. The molecule has 2 heterocycles. The monoisotopic (exact) mass is 441 g/mol. The summed E-state index contributed by atoms with van der Waals surface area (Å²) in [7, 11) is 7.18. The van der Waals surface area contributed by atoms with Crippen LogP contribution in [0.15, 0.2) is 41.7 Å². The van der Waals surface area contributed by atoms with Crippen LogP contribution < -0.4 is 19.7 Å². The van der Waals surface area contributed by atoms with Gasteiger partial charge >= 0.3 is 0 Å². The average molecular weight is 442 g/mol. The van der Waals surface area contributed by atoms with E-state index in [0.717, 1.165) is 74.7 Å². The van der Waals surface area contributed by atoms with Crippen LogP contribution in [0.25, 0.3) is 0 Å². The van der Waals surface area contributed by atoms with Gasteiger partial charge in [0.05, 0.1) is 14.2 Å². The van der Waals surface area contributed by atoms with Crippen molar-refractivity contribution < 1.29 is 9.47 Å².